The molecule has 0 fully saturated rings. The highest BCUT2D eigenvalue weighted by molar-refractivity contribution is 9.12. The van der Waals surface area contributed by atoms with Crippen LogP contribution >= 0.6 is 43.2 Å². The lowest BCUT2D eigenvalue weighted by molar-refractivity contribution is 0.333. The summed E-state index contributed by atoms with van der Waals surface area (Å²) in [6, 6.07) is 10.5. The van der Waals surface area contributed by atoms with E-state index in [2.05, 4.69) is 62.3 Å². The summed E-state index contributed by atoms with van der Waals surface area (Å²) in [7, 11) is 0. The van der Waals surface area contributed by atoms with Gasteiger partial charge in [0.05, 0.1) is 20.2 Å². The van der Waals surface area contributed by atoms with Crippen LogP contribution in [0.2, 0.25) is 0 Å². The second-order valence-electron chi connectivity index (χ2n) is 4.24. The van der Waals surface area contributed by atoms with Crippen molar-refractivity contribution in [3.8, 4) is 5.75 Å². The van der Waals surface area contributed by atoms with Crippen LogP contribution in [0.25, 0.3) is 0 Å². The van der Waals surface area contributed by atoms with E-state index in [-0.39, 0.29) is 6.04 Å². The average molecular weight is 419 g/mol. The summed E-state index contributed by atoms with van der Waals surface area (Å²) < 4.78 is 8.03. The smallest absolute Gasteiger partial charge is 0.124 e. The molecule has 1 unspecified atom stereocenters. The van der Waals surface area contributed by atoms with E-state index in [0.29, 0.717) is 6.61 Å². The standard InChI is InChI=1S/C15H17Br2NOS/c1-3-18-14(11-9-13(16)20-15(11)17)10-7-5-6-8-12(10)19-4-2/h5-9,14,18H,3-4H2,1-2H3. The van der Waals surface area contributed by atoms with Crippen molar-refractivity contribution in [1.29, 1.82) is 0 Å². The molecule has 0 saturated heterocycles. The van der Waals surface area contributed by atoms with E-state index < -0.39 is 0 Å². The topological polar surface area (TPSA) is 21.3 Å². The number of para-hydroxylation sites is 1. The maximum absolute atomic E-state index is 5.77. The minimum Gasteiger partial charge on any atom is -0.494 e. The second kappa shape index (κ2) is 7.59. The van der Waals surface area contributed by atoms with Crippen LogP contribution in [0.1, 0.15) is 31.0 Å². The lowest BCUT2D eigenvalue weighted by Gasteiger charge is -2.21. The van der Waals surface area contributed by atoms with E-state index in [9.17, 15) is 0 Å². The summed E-state index contributed by atoms with van der Waals surface area (Å²) >= 11 is 8.90. The van der Waals surface area contributed by atoms with Crippen molar-refractivity contribution in [2.45, 2.75) is 19.9 Å². The molecule has 1 aromatic carbocycles. The first-order chi connectivity index (χ1) is 9.67. The molecule has 0 radical (unpaired) electrons. The minimum atomic E-state index is 0.125. The Kier molecular flexibility index (Phi) is 6.08. The van der Waals surface area contributed by atoms with Crippen LogP contribution in [-0.4, -0.2) is 13.2 Å². The fourth-order valence-electron chi connectivity index (χ4n) is 2.15. The molecule has 1 atom stereocenters. The lowest BCUT2D eigenvalue weighted by atomic mass is 10.0. The molecule has 2 rings (SSSR count). The molecule has 0 aliphatic carbocycles. The molecule has 0 bridgehead atoms. The third-order valence-corrected chi connectivity index (χ3v) is 5.32. The second-order valence-corrected chi connectivity index (χ2v) is 7.99. The van der Waals surface area contributed by atoms with Crippen LogP contribution in [0.15, 0.2) is 37.9 Å². The predicted molar refractivity (Wildman–Crippen MR) is 92.8 cm³/mol. The molecule has 0 saturated carbocycles. The SMILES string of the molecule is CCNC(c1ccccc1OCC)c1cc(Br)sc1Br. The molecule has 1 aromatic heterocycles. The van der Waals surface area contributed by atoms with Gasteiger partial charge in [-0.3, -0.25) is 0 Å². The first-order valence-electron chi connectivity index (χ1n) is 6.57. The fraction of sp³-hybridized carbons (Fsp3) is 0.333. The highest BCUT2D eigenvalue weighted by Crippen LogP contribution is 2.40. The third kappa shape index (κ3) is 3.64. The summed E-state index contributed by atoms with van der Waals surface area (Å²) in [5.74, 6) is 0.940. The number of ether oxygens (including phenoxy) is 1. The van der Waals surface area contributed by atoms with Crippen molar-refractivity contribution < 1.29 is 4.74 Å². The van der Waals surface area contributed by atoms with E-state index in [1.54, 1.807) is 11.3 Å². The van der Waals surface area contributed by atoms with Gasteiger partial charge in [0.1, 0.15) is 5.75 Å². The van der Waals surface area contributed by atoms with Crippen LogP contribution in [0.4, 0.5) is 0 Å². The number of halogens is 2. The number of nitrogens with one attached hydrogen (secondary N) is 1. The van der Waals surface area contributed by atoms with Gasteiger partial charge < -0.3 is 10.1 Å². The number of hydrogen-bond acceptors (Lipinski definition) is 3. The quantitative estimate of drug-likeness (QED) is 0.680. The predicted octanol–water partition coefficient (Wildman–Crippen LogP) is 5.37. The van der Waals surface area contributed by atoms with Gasteiger partial charge in [-0.25, -0.2) is 0 Å². The van der Waals surface area contributed by atoms with Gasteiger partial charge in [-0.05, 0) is 63.0 Å². The number of rotatable bonds is 6. The Hall–Kier alpha value is -0.360. The Labute approximate surface area is 140 Å². The molecule has 5 heteroatoms. The molecule has 0 amide bonds. The van der Waals surface area contributed by atoms with Gasteiger partial charge in [-0.15, -0.1) is 11.3 Å². The van der Waals surface area contributed by atoms with Crippen molar-refractivity contribution in [1.82, 2.24) is 5.32 Å². The van der Waals surface area contributed by atoms with E-state index in [4.69, 9.17) is 4.74 Å². The summed E-state index contributed by atoms with van der Waals surface area (Å²) in [4.78, 5) is 0. The first-order valence-corrected chi connectivity index (χ1v) is 8.97. The lowest BCUT2D eigenvalue weighted by Crippen LogP contribution is -2.22. The summed E-state index contributed by atoms with van der Waals surface area (Å²) in [6.45, 7) is 5.69. The maximum atomic E-state index is 5.77. The van der Waals surface area contributed by atoms with Crippen molar-refractivity contribution >= 4 is 43.2 Å². The van der Waals surface area contributed by atoms with Crippen LogP contribution in [0, 0.1) is 0 Å². The maximum Gasteiger partial charge on any atom is 0.124 e. The Morgan fingerprint density at radius 1 is 1.20 bits per heavy atom. The first kappa shape index (κ1) is 16.0. The summed E-state index contributed by atoms with van der Waals surface area (Å²) in [5.41, 5.74) is 2.40. The van der Waals surface area contributed by atoms with Gasteiger partial charge in [0.15, 0.2) is 0 Å². The molecule has 108 valence electrons. The Morgan fingerprint density at radius 2 is 1.95 bits per heavy atom. The Balaban J connectivity index is 2.45. The number of hydrogen-bond donors (Lipinski definition) is 1. The highest BCUT2D eigenvalue weighted by atomic mass is 79.9. The molecule has 1 heterocycles. The highest BCUT2D eigenvalue weighted by Gasteiger charge is 2.21. The van der Waals surface area contributed by atoms with Crippen LogP contribution in [0.3, 0.4) is 0 Å². The Bertz CT molecular complexity index is 571. The fourth-order valence-corrected chi connectivity index (χ4v) is 5.05. The number of thiophene rings is 1. The van der Waals surface area contributed by atoms with Crippen molar-refractivity contribution in [2.75, 3.05) is 13.2 Å². The monoisotopic (exact) mass is 417 g/mol. The molecule has 0 spiro atoms. The van der Waals surface area contributed by atoms with Gasteiger partial charge in [0.2, 0.25) is 0 Å². The molecule has 20 heavy (non-hydrogen) atoms. The largest absolute Gasteiger partial charge is 0.494 e. The zero-order chi connectivity index (χ0) is 14.5. The molecule has 2 aromatic rings. The van der Waals surface area contributed by atoms with E-state index in [1.165, 1.54) is 11.1 Å². The average Bonchev–Trinajstić information content (AvgIpc) is 2.76. The molecule has 0 aliphatic rings. The van der Waals surface area contributed by atoms with Crippen molar-refractivity contribution in [3.05, 3.63) is 49.0 Å². The molecular formula is C15H17Br2NOS. The van der Waals surface area contributed by atoms with Gasteiger partial charge in [0.25, 0.3) is 0 Å². The zero-order valence-corrected chi connectivity index (χ0v) is 15.4. The van der Waals surface area contributed by atoms with Crippen LogP contribution in [0.5, 0.6) is 5.75 Å². The molecular weight excluding hydrogens is 402 g/mol. The summed E-state index contributed by atoms with van der Waals surface area (Å²) in [6.07, 6.45) is 0. The molecule has 0 aliphatic heterocycles. The van der Waals surface area contributed by atoms with Crippen molar-refractivity contribution in [3.63, 3.8) is 0 Å². The zero-order valence-electron chi connectivity index (χ0n) is 11.5. The minimum absolute atomic E-state index is 0.125. The molecule has 2 nitrogen and oxygen atoms in total. The number of benzene rings is 1. The van der Waals surface area contributed by atoms with E-state index in [0.717, 1.165) is 19.9 Å². The normalized spacial score (nSPS) is 12.4. The van der Waals surface area contributed by atoms with E-state index >= 15 is 0 Å². The van der Waals surface area contributed by atoms with E-state index in [1.807, 2.05) is 19.1 Å². The Morgan fingerprint density at radius 3 is 2.55 bits per heavy atom. The van der Waals surface area contributed by atoms with Gasteiger partial charge in [-0.2, -0.15) is 0 Å². The van der Waals surface area contributed by atoms with Gasteiger partial charge >= 0.3 is 0 Å². The van der Waals surface area contributed by atoms with Crippen LogP contribution in [-0.2, 0) is 0 Å². The van der Waals surface area contributed by atoms with Crippen molar-refractivity contribution in [2.24, 2.45) is 0 Å². The van der Waals surface area contributed by atoms with Gasteiger partial charge in [0, 0.05) is 5.56 Å². The van der Waals surface area contributed by atoms with Crippen LogP contribution < -0.4 is 10.1 Å². The summed E-state index contributed by atoms with van der Waals surface area (Å²) in [5, 5.41) is 3.54. The molecule has 1 N–H and O–H groups in total. The third-order valence-electron chi connectivity index (χ3n) is 2.93. The van der Waals surface area contributed by atoms with Gasteiger partial charge in [-0.1, -0.05) is 25.1 Å².